The molecule has 0 bridgehead atoms. The van der Waals surface area contributed by atoms with E-state index in [1.54, 1.807) is 12.3 Å². The minimum Gasteiger partial charge on any atom is -0.383 e. The molecule has 0 spiro atoms. The van der Waals surface area contributed by atoms with Crippen molar-refractivity contribution in [2.75, 3.05) is 18.8 Å². The monoisotopic (exact) mass is 194 g/mol. The zero-order valence-electron chi connectivity index (χ0n) is 7.94. The molecule has 0 saturated carbocycles. The number of nitrogens with one attached hydrogen (secondary N) is 1. The minimum atomic E-state index is 0.0222. The predicted octanol–water partition coefficient (Wildman–Crippen LogP) is 0.105. The lowest BCUT2D eigenvalue weighted by Crippen LogP contribution is -2.34. The molecule has 1 aliphatic heterocycles. The fourth-order valence-electron chi connectivity index (χ4n) is 1.74. The predicted molar refractivity (Wildman–Crippen MR) is 52.9 cm³/mol. The summed E-state index contributed by atoms with van der Waals surface area (Å²) < 4.78 is 1.30. The first-order valence-corrected chi connectivity index (χ1v) is 4.83. The maximum Gasteiger partial charge on any atom is 0.251 e. The van der Waals surface area contributed by atoms with Gasteiger partial charge in [0.2, 0.25) is 0 Å². The molecule has 0 unspecified atom stereocenters. The zero-order valence-corrected chi connectivity index (χ0v) is 7.94. The molecule has 5 nitrogen and oxygen atoms in total. The van der Waals surface area contributed by atoms with Crippen molar-refractivity contribution >= 4 is 11.7 Å². The van der Waals surface area contributed by atoms with Gasteiger partial charge in [0.05, 0.1) is 6.20 Å². The van der Waals surface area contributed by atoms with Gasteiger partial charge in [-0.1, -0.05) is 0 Å². The Balaban J connectivity index is 2.11. The number of aromatic nitrogens is 2. The van der Waals surface area contributed by atoms with E-state index in [0.29, 0.717) is 5.82 Å². The van der Waals surface area contributed by atoms with Crippen molar-refractivity contribution in [1.29, 1.82) is 0 Å². The van der Waals surface area contributed by atoms with Gasteiger partial charge in [-0.05, 0) is 25.9 Å². The molecule has 2 rings (SSSR count). The Morgan fingerprint density at radius 1 is 1.57 bits per heavy atom. The molecular weight excluding hydrogens is 180 g/mol. The SMILES string of the molecule is Nc1ccnn1C(=O)C1CCNCC1. The van der Waals surface area contributed by atoms with Crippen LogP contribution in [0.25, 0.3) is 0 Å². The highest BCUT2D eigenvalue weighted by atomic mass is 16.2. The van der Waals surface area contributed by atoms with Gasteiger partial charge in [-0.2, -0.15) is 9.78 Å². The van der Waals surface area contributed by atoms with Crippen molar-refractivity contribution in [3.63, 3.8) is 0 Å². The Morgan fingerprint density at radius 2 is 2.29 bits per heavy atom. The van der Waals surface area contributed by atoms with Crippen LogP contribution in [-0.4, -0.2) is 28.8 Å². The number of carbonyl (C=O) groups is 1. The Morgan fingerprint density at radius 3 is 2.86 bits per heavy atom. The minimum absolute atomic E-state index is 0.0222. The van der Waals surface area contributed by atoms with Gasteiger partial charge in [-0.15, -0.1) is 0 Å². The van der Waals surface area contributed by atoms with Crippen molar-refractivity contribution in [1.82, 2.24) is 15.1 Å². The Bertz CT molecular complexity index is 327. The molecule has 0 aliphatic carbocycles. The molecule has 0 atom stereocenters. The van der Waals surface area contributed by atoms with Crippen LogP contribution < -0.4 is 11.1 Å². The Labute approximate surface area is 82.3 Å². The first-order chi connectivity index (χ1) is 6.79. The van der Waals surface area contributed by atoms with Gasteiger partial charge in [0, 0.05) is 12.0 Å². The number of carbonyl (C=O) groups excluding carboxylic acids is 1. The lowest BCUT2D eigenvalue weighted by Gasteiger charge is -2.21. The number of hydrogen-bond acceptors (Lipinski definition) is 4. The molecule has 5 heteroatoms. The van der Waals surface area contributed by atoms with Crippen LogP contribution in [0, 0.1) is 5.92 Å². The van der Waals surface area contributed by atoms with Crippen LogP contribution in [0.3, 0.4) is 0 Å². The lowest BCUT2D eigenvalue weighted by molar-refractivity contribution is 0.0793. The van der Waals surface area contributed by atoms with Crippen molar-refractivity contribution < 1.29 is 4.79 Å². The quantitative estimate of drug-likeness (QED) is 0.665. The van der Waals surface area contributed by atoms with Gasteiger partial charge in [0.25, 0.3) is 5.91 Å². The zero-order chi connectivity index (χ0) is 9.97. The molecule has 1 aromatic rings. The topological polar surface area (TPSA) is 72.9 Å². The number of nitrogens with two attached hydrogens (primary N) is 1. The average Bonchev–Trinajstić information content (AvgIpc) is 2.65. The van der Waals surface area contributed by atoms with Crippen LogP contribution in [0.15, 0.2) is 12.3 Å². The molecule has 0 radical (unpaired) electrons. The molecule has 0 aromatic carbocycles. The summed E-state index contributed by atoms with van der Waals surface area (Å²) in [6.45, 7) is 1.80. The van der Waals surface area contributed by atoms with Crippen molar-refractivity contribution in [3.05, 3.63) is 12.3 Å². The maximum atomic E-state index is 11.9. The van der Waals surface area contributed by atoms with Crippen molar-refractivity contribution in [3.8, 4) is 0 Å². The molecule has 2 heterocycles. The number of rotatable bonds is 1. The molecule has 1 saturated heterocycles. The van der Waals surface area contributed by atoms with Gasteiger partial charge < -0.3 is 11.1 Å². The van der Waals surface area contributed by atoms with Gasteiger partial charge in [-0.25, -0.2) is 0 Å². The molecule has 0 amide bonds. The van der Waals surface area contributed by atoms with E-state index in [1.165, 1.54) is 4.68 Å². The van der Waals surface area contributed by atoms with Crippen LogP contribution in [0.5, 0.6) is 0 Å². The van der Waals surface area contributed by atoms with E-state index >= 15 is 0 Å². The van der Waals surface area contributed by atoms with Crippen LogP contribution in [-0.2, 0) is 0 Å². The number of nitrogen functional groups attached to an aromatic ring is 1. The molecule has 1 aromatic heterocycles. The number of anilines is 1. The summed E-state index contributed by atoms with van der Waals surface area (Å²) in [4.78, 5) is 11.9. The number of nitrogens with zero attached hydrogens (tertiary/aromatic N) is 2. The van der Waals surface area contributed by atoms with E-state index in [2.05, 4.69) is 10.4 Å². The second kappa shape index (κ2) is 3.79. The van der Waals surface area contributed by atoms with Crippen molar-refractivity contribution in [2.45, 2.75) is 12.8 Å². The number of hydrogen-bond donors (Lipinski definition) is 2. The highest BCUT2D eigenvalue weighted by Gasteiger charge is 2.23. The largest absolute Gasteiger partial charge is 0.383 e. The third-order valence-corrected chi connectivity index (χ3v) is 2.57. The fraction of sp³-hybridized carbons (Fsp3) is 0.556. The molecule has 1 aliphatic rings. The second-order valence-electron chi connectivity index (χ2n) is 3.53. The van der Waals surface area contributed by atoms with Gasteiger partial charge in [-0.3, -0.25) is 4.79 Å². The van der Waals surface area contributed by atoms with Gasteiger partial charge >= 0.3 is 0 Å². The second-order valence-corrected chi connectivity index (χ2v) is 3.53. The normalized spacial score (nSPS) is 18.3. The van der Waals surface area contributed by atoms with E-state index in [0.717, 1.165) is 25.9 Å². The van der Waals surface area contributed by atoms with E-state index in [4.69, 9.17) is 5.73 Å². The van der Waals surface area contributed by atoms with Crippen LogP contribution >= 0.6 is 0 Å². The first kappa shape index (κ1) is 9.21. The number of piperidine rings is 1. The summed E-state index contributed by atoms with van der Waals surface area (Å²) in [6, 6.07) is 1.64. The van der Waals surface area contributed by atoms with Gasteiger partial charge in [0.1, 0.15) is 5.82 Å². The fourth-order valence-corrected chi connectivity index (χ4v) is 1.74. The summed E-state index contributed by atoms with van der Waals surface area (Å²) in [5.74, 6) is 0.515. The molecular formula is C9H14N4O. The molecule has 76 valence electrons. The molecule has 3 N–H and O–H groups in total. The third kappa shape index (κ3) is 1.63. The van der Waals surface area contributed by atoms with E-state index in [-0.39, 0.29) is 11.8 Å². The Hall–Kier alpha value is -1.36. The average molecular weight is 194 g/mol. The summed E-state index contributed by atoms with van der Waals surface area (Å²) in [7, 11) is 0. The maximum absolute atomic E-state index is 11.9. The van der Waals surface area contributed by atoms with Crippen LogP contribution in [0.4, 0.5) is 5.82 Å². The Kier molecular flexibility index (Phi) is 2.49. The smallest absolute Gasteiger partial charge is 0.251 e. The summed E-state index contributed by atoms with van der Waals surface area (Å²) in [5, 5.41) is 7.13. The van der Waals surface area contributed by atoms with Crippen molar-refractivity contribution in [2.24, 2.45) is 5.92 Å². The highest BCUT2D eigenvalue weighted by molar-refractivity contribution is 5.83. The third-order valence-electron chi connectivity index (χ3n) is 2.57. The summed E-state index contributed by atoms with van der Waals surface area (Å²) in [6.07, 6.45) is 3.30. The van der Waals surface area contributed by atoms with E-state index in [9.17, 15) is 4.79 Å². The molecule has 14 heavy (non-hydrogen) atoms. The van der Waals surface area contributed by atoms with Gasteiger partial charge in [0.15, 0.2) is 0 Å². The highest BCUT2D eigenvalue weighted by Crippen LogP contribution is 2.15. The standard InChI is InChI=1S/C9H14N4O/c10-8-3-6-12-13(8)9(14)7-1-4-11-5-2-7/h3,6-7,11H,1-2,4-5,10H2. The first-order valence-electron chi connectivity index (χ1n) is 4.83. The van der Waals surface area contributed by atoms with E-state index < -0.39 is 0 Å². The summed E-state index contributed by atoms with van der Waals surface area (Å²) >= 11 is 0. The van der Waals surface area contributed by atoms with E-state index in [1.807, 2.05) is 0 Å². The van der Waals surface area contributed by atoms with Crippen LogP contribution in [0.2, 0.25) is 0 Å². The molecule has 1 fully saturated rings. The summed E-state index contributed by atoms with van der Waals surface area (Å²) in [5.41, 5.74) is 5.61. The lowest BCUT2D eigenvalue weighted by atomic mass is 9.97. The van der Waals surface area contributed by atoms with Crippen LogP contribution in [0.1, 0.15) is 17.6 Å².